The molecule has 3 rings (SSSR count). The highest BCUT2D eigenvalue weighted by Gasteiger charge is 2.15. The monoisotopic (exact) mass is 362 g/mol. The van der Waals surface area contributed by atoms with Gasteiger partial charge in [0.25, 0.3) is 5.91 Å². The van der Waals surface area contributed by atoms with Crippen molar-refractivity contribution in [2.24, 2.45) is 4.99 Å². The van der Waals surface area contributed by atoms with Crippen molar-refractivity contribution in [1.29, 1.82) is 0 Å². The number of fused-ring (bicyclic) bond motifs is 1. The number of hydrogen-bond acceptors (Lipinski definition) is 4. The van der Waals surface area contributed by atoms with Gasteiger partial charge in [-0.15, -0.1) is 0 Å². The fourth-order valence-corrected chi connectivity index (χ4v) is 3.29. The van der Waals surface area contributed by atoms with Crippen molar-refractivity contribution in [3.63, 3.8) is 0 Å². The summed E-state index contributed by atoms with van der Waals surface area (Å²) >= 11 is 1.18. The Labute approximate surface area is 144 Å². The van der Waals surface area contributed by atoms with Crippen molar-refractivity contribution in [1.82, 2.24) is 4.57 Å². The SMILES string of the molecule is COC(=O)Cn1c(=NC(=O)c2ccc(F)cc2F)sc2ccccc21. The second-order valence-electron chi connectivity index (χ2n) is 5.06. The number of esters is 1. The molecule has 128 valence electrons. The maximum Gasteiger partial charge on any atom is 0.325 e. The van der Waals surface area contributed by atoms with E-state index in [2.05, 4.69) is 9.73 Å². The predicted octanol–water partition coefficient (Wildman–Crippen LogP) is 2.90. The Kier molecular flexibility index (Phi) is 4.71. The lowest BCUT2D eigenvalue weighted by Crippen LogP contribution is -2.22. The van der Waals surface area contributed by atoms with E-state index in [9.17, 15) is 18.4 Å². The topological polar surface area (TPSA) is 60.7 Å². The Morgan fingerprint density at radius 3 is 2.68 bits per heavy atom. The number of nitrogens with zero attached hydrogens (tertiary/aromatic N) is 2. The summed E-state index contributed by atoms with van der Waals surface area (Å²) in [6.07, 6.45) is 0. The van der Waals surface area contributed by atoms with Crippen molar-refractivity contribution in [2.45, 2.75) is 6.54 Å². The first-order valence-corrected chi connectivity index (χ1v) is 8.00. The number of hydrogen-bond donors (Lipinski definition) is 0. The summed E-state index contributed by atoms with van der Waals surface area (Å²) in [4.78, 5) is 28.1. The van der Waals surface area contributed by atoms with Gasteiger partial charge in [-0.2, -0.15) is 4.99 Å². The van der Waals surface area contributed by atoms with Gasteiger partial charge in [-0.05, 0) is 24.3 Å². The third kappa shape index (κ3) is 3.48. The zero-order chi connectivity index (χ0) is 18.0. The second kappa shape index (κ2) is 6.94. The highest BCUT2D eigenvalue weighted by molar-refractivity contribution is 7.16. The Balaban J connectivity index is 2.13. The van der Waals surface area contributed by atoms with Gasteiger partial charge in [-0.3, -0.25) is 9.59 Å². The number of rotatable bonds is 3. The van der Waals surface area contributed by atoms with Crippen LogP contribution in [-0.4, -0.2) is 23.6 Å². The summed E-state index contributed by atoms with van der Waals surface area (Å²) in [5.41, 5.74) is 0.354. The van der Waals surface area contributed by atoms with E-state index in [0.717, 1.165) is 16.8 Å². The van der Waals surface area contributed by atoms with E-state index in [1.165, 1.54) is 23.0 Å². The van der Waals surface area contributed by atoms with Crippen LogP contribution in [0.1, 0.15) is 10.4 Å². The zero-order valence-electron chi connectivity index (χ0n) is 13.0. The van der Waals surface area contributed by atoms with E-state index in [-0.39, 0.29) is 16.9 Å². The molecule has 1 amide bonds. The van der Waals surface area contributed by atoms with Crippen LogP contribution in [0, 0.1) is 11.6 Å². The molecule has 1 heterocycles. The van der Waals surface area contributed by atoms with Gasteiger partial charge in [0.05, 0.1) is 22.9 Å². The summed E-state index contributed by atoms with van der Waals surface area (Å²) in [5, 5.41) is 0. The van der Waals surface area contributed by atoms with Gasteiger partial charge in [0, 0.05) is 6.07 Å². The van der Waals surface area contributed by atoms with Gasteiger partial charge in [0.2, 0.25) is 0 Å². The number of methoxy groups -OCH3 is 1. The smallest absolute Gasteiger partial charge is 0.325 e. The molecule has 1 aromatic heterocycles. The van der Waals surface area contributed by atoms with Gasteiger partial charge < -0.3 is 9.30 Å². The van der Waals surface area contributed by atoms with Crippen LogP contribution >= 0.6 is 11.3 Å². The molecule has 0 radical (unpaired) electrons. The summed E-state index contributed by atoms with van der Waals surface area (Å²) in [6.45, 7) is -0.140. The van der Waals surface area contributed by atoms with Gasteiger partial charge >= 0.3 is 5.97 Å². The van der Waals surface area contributed by atoms with Crippen molar-refractivity contribution in [3.8, 4) is 0 Å². The van der Waals surface area contributed by atoms with Gasteiger partial charge in [0.15, 0.2) is 4.80 Å². The van der Waals surface area contributed by atoms with E-state index >= 15 is 0 Å². The van der Waals surface area contributed by atoms with Crippen molar-refractivity contribution >= 4 is 33.4 Å². The van der Waals surface area contributed by atoms with Crippen LogP contribution in [0.4, 0.5) is 8.78 Å². The molecule has 3 aromatic rings. The molecule has 0 saturated heterocycles. The average molecular weight is 362 g/mol. The lowest BCUT2D eigenvalue weighted by atomic mass is 10.2. The van der Waals surface area contributed by atoms with E-state index in [0.29, 0.717) is 11.6 Å². The molecule has 0 fully saturated rings. The molecule has 0 spiro atoms. The molecule has 0 saturated carbocycles. The van der Waals surface area contributed by atoms with Crippen LogP contribution in [-0.2, 0) is 16.1 Å². The largest absolute Gasteiger partial charge is 0.468 e. The highest BCUT2D eigenvalue weighted by Crippen LogP contribution is 2.17. The van der Waals surface area contributed by atoms with E-state index in [1.54, 1.807) is 12.1 Å². The molecule has 25 heavy (non-hydrogen) atoms. The molecule has 5 nitrogen and oxygen atoms in total. The van der Waals surface area contributed by atoms with E-state index < -0.39 is 23.5 Å². The Morgan fingerprint density at radius 2 is 1.96 bits per heavy atom. The quantitative estimate of drug-likeness (QED) is 0.673. The number of carbonyl (C=O) groups is 2. The molecular formula is C17H12F2N2O3S. The van der Waals surface area contributed by atoms with E-state index in [1.807, 2.05) is 12.1 Å². The minimum Gasteiger partial charge on any atom is -0.468 e. The molecule has 0 atom stereocenters. The number of para-hydroxylation sites is 1. The molecule has 0 N–H and O–H groups in total. The number of halogens is 2. The number of ether oxygens (including phenoxy) is 1. The Morgan fingerprint density at radius 1 is 1.20 bits per heavy atom. The second-order valence-corrected chi connectivity index (χ2v) is 6.06. The lowest BCUT2D eigenvalue weighted by molar-refractivity contribution is -0.141. The predicted molar refractivity (Wildman–Crippen MR) is 88.1 cm³/mol. The van der Waals surface area contributed by atoms with Gasteiger partial charge in [0.1, 0.15) is 18.2 Å². The van der Waals surface area contributed by atoms with Crippen molar-refractivity contribution < 1.29 is 23.1 Å². The summed E-state index contributed by atoms with van der Waals surface area (Å²) < 4.78 is 33.8. The highest BCUT2D eigenvalue weighted by atomic mass is 32.1. The zero-order valence-corrected chi connectivity index (χ0v) is 13.8. The van der Waals surface area contributed by atoms with Crippen LogP contribution in [0.3, 0.4) is 0 Å². The van der Waals surface area contributed by atoms with Crippen LogP contribution in [0.5, 0.6) is 0 Å². The standard InChI is InChI=1S/C17H12F2N2O3S/c1-24-15(22)9-21-13-4-2-3-5-14(13)25-17(21)20-16(23)11-7-6-10(18)8-12(11)19/h2-8H,9H2,1H3. The maximum atomic E-state index is 13.8. The normalized spacial score (nSPS) is 11.7. The summed E-state index contributed by atoms with van der Waals surface area (Å²) in [5.74, 6) is -3.14. The molecule has 0 aliphatic carbocycles. The number of aromatic nitrogens is 1. The molecule has 0 unspecified atom stereocenters. The minimum absolute atomic E-state index is 0.140. The van der Waals surface area contributed by atoms with Crippen LogP contribution in [0.2, 0.25) is 0 Å². The molecule has 0 aliphatic heterocycles. The number of thiazole rings is 1. The third-order valence-electron chi connectivity index (χ3n) is 3.46. The maximum absolute atomic E-state index is 13.8. The first-order valence-electron chi connectivity index (χ1n) is 7.19. The van der Waals surface area contributed by atoms with Crippen LogP contribution in [0.15, 0.2) is 47.5 Å². The lowest BCUT2D eigenvalue weighted by Gasteiger charge is -2.03. The Hall–Kier alpha value is -2.87. The minimum atomic E-state index is -0.991. The fourth-order valence-electron chi connectivity index (χ4n) is 2.26. The number of carbonyl (C=O) groups excluding carboxylic acids is 2. The van der Waals surface area contributed by atoms with Crippen molar-refractivity contribution in [3.05, 3.63) is 64.5 Å². The Bertz CT molecular complexity index is 1040. The number of benzene rings is 2. The third-order valence-corrected chi connectivity index (χ3v) is 4.52. The average Bonchev–Trinajstić information content (AvgIpc) is 2.92. The first kappa shape index (κ1) is 17.0. The molecule has 8 heteroatoms. The summed E-state index contributed by atoms with van der Waals surface area (Å²) in [6, 6.07) is 9.83. The van der Waals surface area contributed by atoms with E-state index in [4.69, 9.17) is 0 Å². The molecule has 0 bridgehead atoms. The summed E-state index contributed by atoms with van der Waals surface area (Å²) in [7, 11) is 1.26. The van der Waals surface area contributed by atoms with Gasteiger partial charge in [-0.1, -0.05) is 23.5 Å². The van der Waals surface area contributed by atoms with Gasteiger partial charge in [-0.25, -0.2) is 8.78 Å². The fraction of sp³-hybridized carbons (Fsp3) is 0.118. The molecule has 2 aromatic carbocycles. The van der Waals surface area contributed by atoms with Crippen molar-refractivity contribution in [2.75, 3.05) is 7.11 Å². The van der Waals surface area contributed by atoms with Crippen LogP contribution < -0.4 is 4.80 Å². The first-order chi connectivity index (χ1) is 12.0. The molecule has 0 aliphatic rings. The number of amides is 1. The van der Waals surface area contributed by atoms with Crippen LogP contribution in [0.25, 0.3) is 10.2 Å². The molecular weight excluding hydrogens is 350 g/mol.